The predicted octanol–water partition coefficient (Wildman–Crippen LogP) is 2.51. The Morgan fingerprint density at radius 3 is 2.89 bits per heavy atom. The Hall–Kier alpha value is -0.120. The molecule has 3 unspecified atom stereocenters. The molecule has 0 aromatic carbocycles. The second-order valence-corrected chi connectivity index (χ2v) is 6.63. The fourth-order valence-electron chi connectivity index (χ4n) is 3.81. The molecule has 3 heteroatoms. The van der Waals surface area contributed by atoms with Crippen LogP contribution in [0.4, 0.5) is 0 Å². The second kappa shape index (κ2) is 8.23. The molecule has 112 valence electrons. The molecule has 1 aliphatic carbocycles. The molecule has 2 aliphatic rings. The van der Waals surface area contributed by atoms with Crippen LogP contribution in [0.15, 0.2) is 0 Å². The summed E-state index contributed by atoms with van der Waals surface area (Å²) in [5.41, 5.74) is 0. The van der Waals surface area contributed by atoms with E-state index in [-0.39, 0.29) is 0 Å². The van der Waals surface area contributed by atoms with Gasteiger partial charge in [0.25, 0.3) is 0 Å². The number of hydrogen-bond donors (Lipinski definition) is 1. The van der Waals surface area contributed by atoms with Crippen LogP contribution in [0.5, 0.6) is 0 Å². The molecule has 0 radical (unpaired) electrons. The Bertz CT molecular complexity index is 247. The molecule has 0 aromatic rings. The summed E-state index contributed by atoms with van der Waals surface area (Å²) in [6, 6.07) is 0.880. The lowest BCUT2D eigenvalue weighted by Gasteiger charge is -2.41. The van der Waals surface area contributed by atoms with Crippen molar-refractivity contribution in [1.29, 1.82) is 0 Å². The third-order valence-corrected chi connectivity index (χ3v) is 4.89. The van der Waals surface area contributed by atoms with Crippen LogP contribution in [0, 0.1) is 11.8 Å². The molecule has 2 rings (SSSR count). The van der Waals surface area contributed by atoms with Gasteiger partial charge >= 0.3 is 0 Å². The lowest BCUT2D eigenvalue weighted by atomic mass is 9.84. The standard InChI is InChI=1S/C16H32N2O/c1-14-5-3-7-16(11-14)18-9-4-6-15(13-18)12-17-8-10-19-2/h14-17H,3-13H2,1-2H3. The summed E-state index contributed by atoms with van der Waals surface area (Å²) in [6.07, 6.45) is 8.56. The van der Waals surface area contributed by atoms with E-state index in [1.807, 2.05) is 0 Å². The van der Waals surface area contributed by atoms with Gasteiger partial charge in [0.05, 0.1) is 6.61 Å². The molecule has 1 N–H and O–H groups in total. The SMILES string of the molecule is COCCNCC1CCCN(C2CCCC(C)C2)C1. The van der Waals surface area contributed by atoms with Crippen LogP contribution >= 0.6 is 0 Å². The molecule has 3 atom stereocenters. The first kappa shape index (κ1) is 15.3. The summed E-state index contributed by atoms with van der Waals surface area (Å²) >= 11 is 0. The average molecular weight is 268 g/mol. The van der Waals surface area contributed by atoms with Gasteiger partial charge in [-0.25, -0.2) is 0 Å². The van der Waals surface area contributed by atoms with Crippen LogP contribution in [0.1, 0.15) is 45.4 Å². The zero-order valence-corrected chi connectivity index (χ0v) is 12.9. The van der Waals surface area contributed by atoms with Gasteiger partial charge in [-0.2, -0.15) is 0 Å². The van der Waals surface area contributed by atoms with Crippen LogP contribution in [-0.2, 0) is 4.74 Å². The number of nitrogens with zero attached hydrogens (tertiary/aromatic N) is 1. The molecule has 0 aromatic heterocycles. The monoisotopic (exact) mass is 268 g/mol. The number of hydrogen-bond acceptors (Lipinski definition) is 3. The highest BCUT2D eigenvalue weighted by Crippen LogP contribution is 2.30. The zero-order valence-electron chi connectivity index (χ0n) is 12.9. The maximum Gasteiger partial charge on any atom is 0.0587 e. The molecule has 2 fully saturated rings. The Morgan fingerprint density at radius 1 is 1.21 bits per heavy atom. The highest BCUT2D eigenvalue weighted by atomic mass is 16.5. The third kappa shape index (κ3) is 5.05. The van der Waals surface area contributed by atoms with Gasteiger partial charge in [0, 0.05) is 26.2 Å². The van der Waals surface area contributed by atoms with Gasteiger partial charge in [0.1, 0.15) is 0 Å². The molecule has 0 spiro atoms. The van der Waals surface area contributed by atoms with Crippen molar-refractivity contribution in [2.75, 3.05) is 39.9 Å². The maximum absolute atomic E-state index is 5.09. The van der Waals surface area contributed by atoms with Crippen LogP contribution < -0.4 is 5.32 Å². The van der Waals surface area contributed by atoms with Gasteiger partial charge < -0.3 is 15.0 Å². The largest absolute Gasteiger partial charge is 0.383 e. The highest BCUT2D eigenvalue weighted by Gasteiger charge is 2.28. The second-order valence-electron chi connectivity index (χ2n) is 6.63. The topological polar surface area (TPSA) is 24.5 Å². The Kier molecular flexibility index (Phi) is 6.62. The Balaban J connectivity index is 1.70. The minimum atomic E-state index is 0.830. The molecule has 1 aliphatic heterocycles. The van der Waals surface area contributed by atoms with Crippen molar-refractivity contribution < 1.29 is 4.74 Å². The molecule has 19 heavy (non-hydrogen) atoms. The van der Waals surface area contributed by atoms with Gasteiger partial charge in [-0.1, -0.05) is 19.8 Å². The minimum Gasteiger partial charge on any atom is -0.383 e. The van der Waals surface area contributed by atoms with Crippen molar-refractivity contribution >= 4 is 0 Å². The van der Waals surface area contributed by atoms with E-state index < -0.39 is 0 Å². The molecular weight excluding hydrogens is 236 g/mol. The predicted molar refractivity (Wildman–Crippen MR) is 80.5 cm³/mol. The van der Waals surface area contributed by atoms with E-state index in [4.69, 9.17) is 4.74 Å². The molecule has 3 nitrogen and oxygen atoms in total. The van der Waals surface area contributed by atoms with E-state index >= 15 is 0 Å². The maximum atomic E-state index is 5.09. The first-order valence-corrected chi connectivity index (χ1v) is 8.23. The lowest BCUT2D eigenvalue weighted by molar-refractivity contribution is 0.0841. The fourth-order valence-corrected chi connectivity index (χ4v) is 3.81. The molecule has 1 heterocycles. The van der Waals surface area contributed by atoms with E-state index in [9.17, 15) is 0 Å². The third-order valence-electron chi connectivity index (χ3n) is 4.89. The van der Waals surface area contributed by atoms with Gasteiger partial charge in [0.2, 0.25) is 0 Å². The van der Waals surface area contributed by atoms with Gasteiger partial charge in [-0.15, -0.1) is 0 Å². The van der Waals surface area contributed by atoms with Gasteiger partial charge in [0.15, 0.2) is 0 Å². The van der Waals surface area contributed by atoms with Crippen LogP contribution in [0.25, 0.3) is 0 Å². The Labute approximate surface area is 119 Å². The smallest absolute Gasteiger partial charge is 0.0587 e. The Morgan fingerprint density at radius 2 is 2.11 bits per heavy atom. The molecule has 1 saturated heterocycles. The summed E-state index contributed by atoms with van der Waals surface area (Å²) in [5, 5.41) is 3.54. The van der Waals surface area contributed by atoms with Crippen molar-refractivity contribution in [1.82, 2.24) is 10.2 Å². The normalized spacial score (nSPS) is 33.5. The zero-order chi connectivity index (χ0) is 13.5. The van der Waals surface area contributed by atoms with E-state index in [1.54, 1.807) is 7.11 Å². The summed E-state index contributed by atoms with van der Waals surface area (Å²) in [6.45, 7) is 8.08. The summed E-state index contributed by atoms with van der Waals surface area (Å²) in [5.74, 6) is 1.79. The molecule has 0 amide bonds. The lowest BCUT2D eigenvalue weighted by Crippen LogP contribution is -2.46. The van der Waals surface area contributed by atoms with E-state index in [0.29, 0.717) is 0 Å². The van der Waals surface area contributed by atoms with Crippen LogP contribution in [0.3, 0.4) is 0 Å². The average Bonchev–Trinajstić information content (AvgIpc) is 2.44. The van der Waals surface area contributed by atoms with Crippen molar-refractivity contribution in [2.45, 2.75) is 51.5 Å². The first-order chi connectivity index (χ1) is 9.29. The molecule has 1 saturated carbocycles. The van der Waals surface area contributed by atoms with Crippen LogP contribution in [0.2, 0.25) is 0 Å². The minimum absolute atomic E-state index is 0.830. The number of rotatable bonds is 6. The number of ether oxygens (including phenoxy) is 1. The molecular formula is C16H32N2O. The number of nitrogens with one attached hydrogen (secondary N) is 1. The van der Waals surface area contributed by atoms with E-state index in [2.05, 4.69) is 17.1 Å². The summed E-state index contributed by atoms with van der Waals surface area (Å²) < 4.78 is 5.09. The quantitative estimate of drug-likeness (QED) is 0.749. The van der Waals surface area contributed by atoms with Crippen molar-refractivity contribution in [3.8, 4) is 0 Å². The van der Waals surface area contributed by atoms with E-state index in [0.717, 1.165) is 31.0 Å². The number of likely N-dealkylation sites (tertiary alicyclic amines) is 1. The number of methoxy groups -OCH3 is 1. The van der Waals surface area contributed by atoms with Gasteiger partial charge in [-0.3, -0.25) is 0 Å². The van der Waals surface area contributed by atoms with E-state index in [1.165, 1.54) is 58.2 Å². The highest BCUT2D eigenvalue weighted by molar-refractivity contribution is 4.83. The summed E-state index contributed by atoms with van der Waals surface area (Å²) in [4.78, 5) is 2.79. The molecule has 0 bridgehead atoms. The van der Waals surface area contributed by atoms with Crippen LogP contribution in [-0.4, -0.2) is 50.8 Å². The van der Waals surface area contributed by atoms with Crippen molar-refractivity contribution in [2.24, 2.45) is 11.8 Å². The van der Waals surface area contributed by atoms with Crippen molar-refractivity contribution in [3.05, 3.63) is 0 Å². The number of piperidine rings is 1. The van der Waals surface area contributed by atoms with Gasteiger partial charge in [-0.05, 0) is 50.6 Å². The first-order valence-electron chi connectivity index (χ1n) is 8.23. The summed E-state index contributed by atoms with van der Waals surface area (Å²) in [7, 11) is 1.77. The van der Waals surface area contributed by atoms with Crippen molar-refractivity contribution in [3.63, 3.8) is 0 Å². The fraction of sp³-hybridized carbons (Fsp3) is 1.00.